The van der Waals surface area contributed by atoms with E-state index < -0.39 is 17.8 Å². The number of amides is 1. The molecule has 1 aliphatic rings. The van der Waals surface area contributed by atoms with Crippen LogP contribution in [-0.2, 0) is 9.59 Å². The zero-order valence-electron chi connectivity index (χ0n) is 12.7. The molecule has 21 heavy (non-hydrogen) atoms. The lowest BCUT2D eigenvalue weighted by atomic mass is 9.95. The first-order valence-corrected chi connectivity index (χ1v) is 7.22. The van der Waals surface area contributed by atoms with Gasteiger partial charge in [-0.2, -0.15) is 0 Å². The molecule has 5 nitrogen and oxygen atoms in total. The Morgan fingerprint density at radius 1 is 1.24 bits per heavy atom. The highest BCUT2D eigenvalue weighted by atomic mass is 16.4. The van der Waals surface area contributed by atoms with Crippen molar-refractivity contribution in [1.29, 1.82) is 0 Å². The van der Waals surface area contributed by atoms with Crippen LogP contribution >= 0.6 is 0 Å². The van der Waals surface area contributed by atoms with E-state index in [-0.39, 0.29) is 5.91 Å². The molecule has 1 amide bonds. The number of aliphatic carboxylic acids is 1. The summed E-state index contributed by atoms with van der Waals surface area (Å²) in [5.74, 6) is -2.02. The van der Waals surface area contributed by atoms with Gasteiger partial charge in [0.25, 0.3) is 0 Å². The Morgan fingerprint density at radius 2 is 1.90 bits per heavy atom. The third kappa shape index (κ3) is 3.35. The van der Waals surface area contributed by atoms with Gasteiger partial charge in [-0.1, -0.05) is 6.42 Å². The van der Waals surface area contributed by atoms with Gasteiger partial charge in [-0.25, -0.2) is 0 Å². The molecular weight excluding hydrogens is 268 g/mol. The Balaban J connectivity index is 2.11. The Kier molecular flexibility index (Phi) is 4.50. The molecule has 1 saturated carbocycles. The fourth-order valence-electron chi connectivity index (χ4n) is 2.86. The largest absolute Gasteiger partial charge is 0.481 e. The Hall–Kier alpha value is -2.04. The van der Waals surface area contributed by atoms with E-state index in [0.717, 1.165) is 23.4 Å². The van der Waals surface area contributed by atoms with Crippen molar-refractivity contribution in [3.05, 3.63) is 23.8 Å². The summed E-state index contributed by atoms with van der Waals surface area (Å²) in [6.45, 7) is 1.94. The van der Waals surface area contributed by atoms with Crippen LogP contribution in [0.25, 0.3) is 0 Å². The zero-order valence-corrected chi connectivity index (χ0v) is 12.7. The van der Waals surface area contributed by atoms with Gasteiger partial charge in [-0.05, 0) is 43.5 Å². The molecule has 2 rings (SSSR count). The molecule has 0 saturated heterocycles. The maximum Gasteiger partial charge on any atom is 0.307 e. The molecule has 5 heteroatoms. The fourth-order valence-corrected chi connectivity index (χ4v) is 2.86. The summed E-state index contributed by atoms with van der Waals surface area (Å²) in [6.07, 6.45) is 2.04. The molecule has 114 valence electrons. The first-order chi connectivity index (χ1) is 9.90. The number of hydrogen-bond acceptors (Lipinski definition) is 3. The van der Waals surface area contributed by atoms with Crippen molar-refractivity contribution < 1.29 is 14.7 Å². The number of benzene rings is 1. The van der Waals surface area contributed by atoms with Crippen LogP contribution in [-0.4, -0.2) is 31.1 Å². The molecule has 0 heterocycles. The van der Waals surface area contributed by atoms with Crippen molar-refractivity contribution in [3.63, 3.8) is 0 Å². The number of anilines is 2. The van der Waals surface area contributed by atoms with Gasteiger partial charge in [-0.15, -0.1) is 0 Å². The summed E-state index contributed by atoms with van der Waals surface area (Å²) in [5, 5.41) is 12.0. The molecule has 1 fully saturated rings. The van der Waals surface area contributed by atoms with Gasteiger partial charge in [0.1, 0.15) is 0 Å². The number of nitrogens with one attached hydrogen (secondary N) is 1. The lowest BCUT2D eigenvalue weighted by molar-refractivity contribution is -0.145. The van der Waals surface area contributed by atoms with E-state index in [9.17, 15) is 9.59 Å². The molecule has 1 aromatic rings. The summed E-state index contributed by atoms with van der Waals surface area (Å²) in [6, 6.07) is 5.80. The molecule has 0 bridgehead atoms. The second kappa shape index (κ2) is 6.16. The molecule has 1 aliphatic carbocycles. The molecule has 2 atom stereocenters. The molecule has 1 aromatic carbocycles. The van der Waals surface area contributed by atoms with E-state index in [4.69, 9.17) is 5.11 Å². The lowest BCUT2D eigenvalue weighted by Gasteiger charge is -2.18. The van der Waals surface area contributed by atoms with E-state index in [1.165, 1.54) is 0 Å². The molecule has 2 N–H and O–H groups in total. The van der Waals surface area contributed by atoms with Crippen molar-refractivity contribution in [1.82, 2.24) is 0 Å². The van der Waals surface area contributed by atoms with Crippen molar-refractivity contribution in [3.8, 4) is 0 Å². The van der Waals surface area contributed by atoms with Crippen LogP contribution in [0.1, 0.15) is 24.8 Å². The average molecular weight is 290 g/mol. The Bertz CT molecular complexity index is 554. The van der Waals surface area contributed by atoms with Crippen LogP contribution in [0.15, 0.2) is 18.2 Å². The van der Waals surface area contributed by atoms with E-state index in [2.05, 4.69) is 5.32 Å². The smallest absolute Gasteiger partial charge is 0.307 e. The minimum atomic E-state index is -0.868. The van der Waals surface area contributed by atoms with E-state index in [0.29, 0.717) is 12.8 Å². The van der Waals surface area contributed by atoms with Crippen molar-refractivity contribution in [2.24, 2.45) is 11.8 Å². The van der Waals surface area contributed by atoms with Crippen LogP contribution in [0, 0.1) is 18.8 Å². The molecule has 0 radical (unpaired) electrons. The summed E-state index contributed by atoms with van der Waals surface area (Å²) >= 11 is 0. The highest BCUT2D eigenvalue weighted by molar-refractivity contribution is 5.96. The first-order valence-electron chi connectivity index (χ1n) is 7.22. The number of aryl methyl sites for hydroxylation is 1. The summed E-state index contributed by atoms with van der Waals surface area (Å²) in [5.41, 5.74) is 2.79. The topological polar surface area (TPSA) is 69.6 Å². The van der Waals surface area contributed by atoms with Crippen molar-refractivity contribution in [2.45, 2.75) is 26.2 Å². The van der Waals surface area contributed by atoms with Crippen LogP contribution in [0.2, 0.25) is 0 Å². The quantitative estimate of drug-likeness (QED) is 0.894. The van der Waals surface area contributed by atoms with Crippen molar-refractivity contribution >= 4 is 23.3 Å². The molecule has 0 aromatic heterocycles. The monoisotopic (exact) mass is 290 g/mol. The van der Waals surface area contributed by atoms with Gasteiger partial charge in [0, 0.05) is 25.5 Å². The van der Waals surface area contributed by atoms with E-state index >= 15 is 0 Å². The van der Waals surface area contributed by atoms with Crippen LogP contribution in [0.5, 0.6) is 0 Å². The minimum Gasteiger partial charge on any atom is -0.481 e. The van der Waals surface area contributed by atoms with Gasteiger partial charge in [0.05, 0.1) is 11.8 Å². The van der Waals surface area contributed by atoms with E-state index in [1.807, 2.05) is 44.1 Å². The number of carboxylic acids is 1. The normalized spacial score (nSPS) is 21.1. The minimum absolute atomic E-state index is 0.180. The maximum absolute atomic E-state index is 12.3. The van der Waals surface area contributed by atoms with Gasteiger partial charge < -0.3 is 15.3 Å². The van der Waals surface area contributed by atoms with Gasteiger partial charge >= 0.3 is 5.97 Å². The number of rotatable bonds is 4. The average Bonchev–Trinajstić information content (AvgIpc) is 2.90. The fraction of sp³-hybridized carbons (Fsp3) is 0.500. The molecule has 0 spiro atoms. The maximum atomic E-state index is 12.3. The van der Waals surface area contributed by atoms with Gasteiger partial charge in [0.15, 0.2) is 0 Å². The number of hydrogen-bond donors (Lipinski definition) is 2. The van der Waals surface area contributed by atoms with Crippen molar-refractivity contribution in [2.75, 3.05) is 24.3 Å². The number of carbonyl (C=O) groups is 2. The summed E-state index contributed by atoms with van der Waals surface area (Å²) in [4.78, 5) is 25.5. The van der Waals surface area contributed by atoms with Crippen LogP contribution in [0.3, 0.4) is 0 Å². The zero-order chi connectivity index (χ0) is 15.6. The molecule has 0 aliphatic heterocycles. The summed E-state index contributed by atoms with van der Waals surface area (Å²) < 4.78 is 0. The third-order valence-corrected chi connectivity index (χ3v) is 4.15. The second-order valence-corrected chi connectivity index (χ2v) is 5.87. The van der Waals surface area contributed by atoms with Gasteiger partial charge in [0.2, 0.25) is 5.91 Å². The van der Waals surface area contributed by atoms with E-state index in [1.54, 1.807) is 0 Å². The Morgan fingerprint density at radius 3 is 2.48 bits per heavy atom. The highest BCUT2D eigenvalue weighted by Crippen LogP contribution is 2.33. The standard InChI is InChI=1S/C16H22N2O3/c1-10-9-11(18(2)3)7-8-14(10)17-15(19)12-5-4-6-13(12)16(20)21/h7-9,12-13H,4-6H2,1-3H3,(H,17,19)(H,20,21)/t12-,13+/m1/s1. The molecule has 0 unspecified atom stereocenters. The van der Waals surface area contributed by atoms with Crippen LogP contribution in [0.4, 0.5) is 11.4 Å². The number of carbonyl (C=O) groups excluding carboxylic acids is 1. The van der Waals surface area contributed by atoms with Crippen LogP contribution < -0.4 is 10.2 Å². The lowest BCUT2D eigenvalue weighted by Crippen LogP contribution is -2.30. The van der Waals surface area contributed by atoms with Gasteiger partial charge in [-0.3, -0.25) is 9.59 Å². The SMILES string of the molecule is Cc1cc(N(C)C)ccc1NC(=O)[C@@H]1CCC[C@@H]1C(=O)O. The highest BCUT2D eigenvalue weighted by Gasteiger charge is 2.37. The first kappa shape index (κ1) is 15.4. The number of nitrogens with zero attached hydrogens (tertiary/aromatic N) is 1. The second-order valence-electron chi connectivity index (χ2n) is 5.87. The predicted octanol–water partition coefficient (Wildman–Crippen LogP) is 2.50. The third-order valence-electron chi connectivity index (χ3n) is 4.15. The number of carboxylic acid groups (broad SMARTS) is 1. The predicted molar refractivity (Wildman–Crippen MR) is 82.6 cm³/mol. The summed E-state index contributed by atoms with van der Waals surface area (Å²) in [7, 11) is 3.92. The Labute approximate surface area is 125 Å². The molecular formula is C16H22N2O3.